The lowest BCUT2D eigenvalue weighted by molar-refractivity contribution is 0.498. The molecule has 84 valence electrons. The van der Waals surface area contributed by atoms with Gasteiger partial charge in [-0.1, -0.05) is 11.6 Å². The Morgan fingerprint density at radius 2 is 2.31 bits per heavy atom. The molecule has 0 saturated carbocycles. The normalized spacial score (nSPS) is 12.4. The van der Waals surface area contributed by atoms with Gasteiger partial charge in [-0.15, -0.1) is 0 Å². The second-order valence-corrected chi connectivity index (χ2v) is 4.09. The Kier molecular flexibility index (Phi) is 3.47. The van der Waals surface area contributed by atoms with Gasteiger partial charge in [0.05, 0.1) is 18.1 Å². The highest BCUT2D eigenvalue weighted by atomic mass is 35.5. The topological polar surface area (TPSA) is 38.1 Å². The van der Waals surface area contributed by atoms with Gasteiger partial charge in [-0.3, -0.25) is 0 Å². The zero-order chi connectivity index (χ0) is 11.4. The Morgan fingerprint density at radius 1 is 1.44 bits per heavy atom. The zero-order valence-electron chi connectivity index (χ0n) is 8.98. The largest absolute Gasteiger partial charge is 0.469 e. The number of pyridine rings is 1. The van der Waals surface area contributed by atoms with Crippen LogP contribution in [-0.4, -0.2) is 11.0 Å². The third-order valence-corrected chi connectivity index (χ3v) is 2.45. The van der Waals surface area contributed by atoms with Gasteiger partial charge in [0.25, 0.3) is 0 Å². The van der Waals surface area contributed by atoms with Crippen molar-refractivity contribution >= 4 is 17.3 Å². The second kappa shape index (κ2) is 5.03. The summed E-state index contributed by atoms with van der Waals surface area (Å²) in [4.78, 5) is 4.01. The first kappa shape index (κ1) is 11.0. The maximum Gasteiger partial charge on any atom is 0.129 e. The van der Waals surface area contributed by atoms with Crippen LogP contribution in [0.2, 0.25) is 5.15 Å². The molecule has 0 bridgehead atoms. The molecule has 0 amide bonds. The SMILES string of the molecule is CC(Cc1ccco1)Nc1ccc(Cl)nc1. The predicted molar refractivity (Wildman–Crippen MR) is 64.7 cm³/mol. The molecular formula is C12H13ClN2O. The van der Waals surface area contributed by atoms with Gasteiger partial charge in [0, 0.05) is 12.5 Å². The van der Waals surface area contributed by atoms with Crippen LogP contribution >= 0.6 is 11.6 Å². The van der Waals surface area contributed by atoms with Crippen molar-refractivity contribution in [1.29, 1.82) is 0 Å². The van der Waals surface area contributed by atoms with Gasteiger partial charge >= 0.3 is 0 Å². The molecule has 0 saturated heterocycles. The summed E-state index contributed by atoms with van der Waals surface area (Å²) >= 11 is 5.71. The summed E-state index contributed by atoms with van der Waals surface area (Å²) in [5, 5.41) is 3.83. The number of hydrogen-bond acceptors (Lipinski definition) is 3. The molecule has 1 unspecified atom stereocenters. The molecule has 0 spiro atoms. The predicted octanol–water partition coefficient (Wildman–Crippen LogP) is 3.37. The first-order valence-electron chi connectivity index (χ1n) is 5.14. The van der Waals surface area contributed by atoms with Crippen LogP contribution in [0, 0.1) is 0 Å². The van der Waals surface area contributed by atoms with Gasteiger partial charge in [-0.25, -0.2) is 4.98 Å². The van der Waals surface area contributed by atoms with E-state index in [-0.39, 0.29) is 6.04 Å². The van der Waals surface area contributed by atoms with Crippen molar-refractivity contribution in [3.8, 4) is 0 Å². The molecule has 16 heavy (non-hydrogen) atoms. The standard InChI is InChI=1S/C12H13ClN2O/c1-9(7-11-3-2-6-16-11)15-10-4-5-12(13)14-8-10/h2-6,8-9,15H,7H2,1H3. The van der Waals surface area contributed by atoms with Gasteiger partial charge in [0.1, 0.15) is 10.9 Å². The van der Waals surface area contributed by atoms with Crippen LogP contribution in [0.4, 0.5) is 5.69 Å². The highest BCUT2D eigenvalue weighted by Gasteiger charge is 2.05. The number of halogens is 1. The van der Waals surface area contributed by atoms with E-state index in [1.807, 2.05) is 18.2 Å². The van der Waals surface area contributed by atoms with Crippen LogP contribution in [0.5, 0.6) is 0 Å². The average molecular weight is 237 g/mol. The van der Waals surface area contributed by atoms with E-state index in [0.717, 1.165) is 17.9 Å². The van der Waals surface area contributed by atoms with Gasteiger partial charge in [0.15, 0.2) is 0 Å². The lowest BCUT2D eigenvalue weighted by Gasteiger charge is -2.13. The van der Waals surface area contributed by atoms with E-state index in [4.69, 9.17) is 16.0 Å². The van der Waals surface area contributed by atoms with E-state index < -0.39 is 0 Å². The first-order valence-corrected chi connectivity index (χ1v) is 5.52. The molecule has 1 N–H and O–H groups in total. The molecule has 0 aliphatic carbocycles. The summed E-state index contributed by atoms with van der Waals surface area (Å²) in [6.45, 7) is 2.09. The van der Waals surface area contributed by atoms with Gasteiger partial charge < -0.3 is 9.73 Å². The van der Waals surface area contributed by atoms with Crippen LogP contribution in [0.25, 0.3) is 0 Å². The third kappa shape index (κ3) is 3.00. The molecule has 4 heteroatoms. The van der Waals surface area contributed by atoms with E-state index in [1.165, 1.54) is 0 Å². The van der Waals surface area contributed by atoms with Crippen LogP contribution in [0.15, 0.2) is 41.1 Å². The minimum Gasteiger partial charge on any atom is -0.469 e. The smallest absolute Gasteiger partial charge is 0.129 e. The lowest BCUT2D eigenvalue weighted by Crippen LogP contribution is -2.17. The number of hydrogen-bond donors (Lipinski definition) is 1. The average Bonchev–Trinajstić information content (AvgIpc) is 2.74. The fraction of sp³-hybridized carbons (Fsp3) is 0.250. The Morgan fingerprint density at radius 3 is 2.94 bits per heavy atom. The van der Waals surface area contributed by atoms with Gasteiger partial charge in [0.2, 0.25) is 0 Å². The minimum atomic E-state index is 0.286. The summed E-state index contributed by atoms with van der Waals surface area (Å²) in [5.41, 5.74) is 0.962. The van der Waals surface area contributed by atoms with Crippen molar-refractivity contribution < 1.29 is 4.42 Å². The fourth-order valence-electron chi connectivity index (χ4n) is 1.53. The quantitative estimate of drug-likeness (QED) is 0.828. The molecule has 1 atom stereocenters. The lowest BCUT2D eigenvalue weighted by atomic mass is 10.2. The number of anilines is 1. The Balaban J connectivity index is 1.92. The highest BCUT2D eigenvalue weighted by Crippen LogP contribution is 2.12. The van der Waals surface area contributed by atoms with E-state index >= 15 is 0 Å². The molecule has 0 aromatic carbocycles. The second-order valence-electron chi connectivity index (χ2n) is 3.70. The van der Waals surface area contributed by atoms with Crippen molar-refractivity contribution in [2.24, 2.45) is 0 Å². The van der Waals surface area contributed by atoms with E-state index in [0.29, 0.717) is 5.15 Å². The molecule has 2 rings (SSSR count). The fourth-order valence-corrected chi connectivity index (χ4v) is 1.64. The Hall–Kier alpha value is -1.48. The first-order chi connectivity index (χ1) is 7.74. The van der Waals surface area contributed by atoms with E-state index in [9.17, 15) is 0 Å². The molecule has 0 radical (unpaired) electrons. The number of nitrogens with zero attached hydrogens (tertiary/aromatic N) is 1. The Labute approximate surface area is 99.5 Å². The van der Waals surface area contributed by atoms with Crippen LogP contribution in [0.3, 0.4) is 0 Å². The van der Waals surface area contributed by atoms with E-state index in [1.54, 1.807) is 18.5 Å². The van der Waals surface area contributed by atoms with Crippen molar-refractivity contribution in [3.05, 3.63) is 47.6 Å². The summed E-state index contributed by atoms with van der Waals surface area (Å²) in [7, 11) is 0. The molecule has 2 heterocycles. The number of nitrogens with one attached hydrogen (secondary N) is 1. The summed E-state index contributed by atoms with van der Waals surface area (Å²) < 4.78 is 5.28. The number of aromatic nitrogens is 1. The monoisotopic (exact) mass is 236 g/mol. The van der Waals surface area contributed by atoms with Crippen LogP contribution < -0.4 is 5.32 Å². The zero-order valence-corrected chi connectivity index (χ0v) is 9.74. The van der Waals surface area contributed by atoms with Gasteiger partial charge in [-0.2, -0.15) is 0 Å². The van der Waals surface area contributed by atoms with Crippen LogP contribution in [-0.2, 0) is 6.42 Å². The van der Waals surface area contributed by atoms with Crippen molar-refractivity contribution in [3.63, 3.8) is 0 Å². The third-order valence-electron chi connectivity index (χ3n) is 2.23. The molecule has 2 aromatic heterocycles. The van der Waals surface area contributed by atoms with Crippen molar-refractivity contribution in [2.45, 2.75) is 19.4 Å². The highest BCUT2D eigenvalue weighted by molar-refractivity contribution is 6.29. The summed E-state index contributed by atoms with van der Waals surface area (Å²) in [6.07, 6.45) is 4.25. The molecular weight excluding hydrogens is 224 g/mol. The summed E-state index contributed by atoms with van der Waals surface area (Å²) in [5.74, 6) is 0.974. The molecule has 3 nitrogen and oxygen atoms in total. The van der Waals surface area contributed by atoms with Crippen molar-refractivity contribution in [1.82, 2.24) is 4.98 Å². The van der Waals surface area contributed by atoms with E-state index in [2.05, 4.69) is 17.2 Å². The summed E-state index contributed by atoms with van der Waals surface area (Å²) in [6, 6.07) is 7.83. The maximum atomic E-state index is 5.71. The number of rotatable bonds is 4. The van der Waals surface area contributed by atoms with Crippen LogP contribution in [0.1, 0.15) is 12.7 Å². The molecule has 0 aliphatic rings. The molecule has 2 aromatic rings. The van der Waals surface area contributed by atoms with Gasteiger partial charge in [-0.05, 0) is 31.2 Å². The molecule has 0 fully saturated rings. The maximum absolute atomic E-state index is 5.71. The van der Waals surface area contributed by atoms with Crippen molar-refractivity contribution in [2.75, 3.05) is 5.32 Å². The Bertz CT molecular complexity index is 425. The molecule has 0 aliphatic heterocycles. The number of furan rings is 1. The minimum absolute atomic E-state index is 0.286.